The zero-order chi connectivity index (χ0) is 21.8. The molecule has 1 N–H and O–H groups in total. The highest BCUT2D eigenvalue weighted by atomic mass is 16.6. The molecule has 1 saturated heterocycles. The molecule has 0 unspecified atom stereocenters. The Bertz CT molecular complexity index is 810. The largest absolute Gasteiger partial charge is 0.339 e. The Balaban J connectivity index is 1.16. The second-order valence-electron chi connectivity index (χ2n) is 9.16. The van der Waals surface area contributed by atoms with Crippen molar-refractivity contribution in [3.05, 3.63) is 39.9 Å². The standard InChI is InChI=1S/C23H32N4O4/c28-22(25-11-13-26(14-12-25)23(29)19-9-10-19)18-7-5-17(6-8-18)15-24-16-20-3-1-2-4-21(20)27(30)31/h1-4,17-19,24H,5-16H2. The number of piperazine rings is 1. The molecule has 0 spiro atoms. The van der Waals surface area contributed by atoms with Crippen molar-refractivity contribution in [3.63, 3.8) is 0 Å². The van der Waals surface area contributed by atoms with Crippen LogP contribution in [-0.2, 0) is 16.1 Å². The third-order valence-electron chi connectivity index (χ3n) is 6.96. The highest BCUT2D eigenvalue weighted by Gasteiger charge is 2.36. The fraction of sp³-hybridized carbons (Fsp3) is 0.652. The van der Waals surface area contributed by atoms with E-state index in [4.69, 9.17) is 0 Å². The summed E-state index contributed by atoms with van der Waals surface area (Å²) < 4.78 is 0. The number of nitrogens with one attached hydrogen (secondary N) is 1. The van der Waals surface area contributed by atoms with Crippen LogP contribution in [-0.4, -0.2) is 59.3 Å². The first-order valence-corrected chi connectivity index (χ1v) is 11.5. The molecule has 1 aromatic rings. The summed E-state index contributed by atoms with van der Waals surface area (Å²) in [5.74, 6) is 1.38. The second kappa shape index (κ2) is 9.77. The number of hydrogen-bond donors (Lipinski definition) is 1. The number of para-hydroxylation sites is 1. The highest BCUT2D eigenvalue weighted by Crippen LogP contribution is 2.32. The van der Waals surface area contributed by atoms with Gasteiger partial charge in [-0.1, -0.05) is 18.2 Å². The zero-order valence-corrected chi connectivity index (χ0v) is 18.0. The molecule has 0 aromatic heterocycles. The molecule has 2 aliphatic carbocycles. The topological polar surface area (TPSA) is 95.8 Å². The number of nitrogens with zero attached hydrogens (tertiary/aromatic N) is 3. The van der Waals surface area contributed by atoms with Crippen molar-refractivity contribution in [3.8, 4) is 0 Å². The van der Waals surface area contributed by atoms with Gasteiger partial charge in [0.05, 0.1) is 4.92 Å². The summed E-state index contributed by atoms with van der Waals surface area (Å²) in [6.07, 6.45) is 5.85. The molecule has 0 atom stereocenters. The van der Waals surface area contributed by atoms with Crippen molar-refractivity contribution in [1.29, 1.82) is 0 Å². The molecule has 8 heteroatoms. The van der Waals surface area contributed by atoms with E-state index in [1.165, 1.54) is 6.07 Å². The number of nitro benzene ring substituents is 1. The molecule has 0 radical (unpaired) electrons. The summed E-state index contributed by atoms with van der Waals surface area (Å²) in [6, 6.07) is 6.83. The van der Waals surface area contributed by atoms with Crippen molar-refractivity contribution < 1.29 is 14.5 Å². The summed E-state index contributed by atoms with van der Waals surface area (Å²) in [6.45, 7) is 3.97. The average molecular weight is 429 g/mol. The normalized spacial score (nSPS) is 24.1. The Kier molecular flexibility index (Phi) is 6.85. The number of carbonyl (C=O) groups is 2. The van der Waals surface area contributed by atoms with E-state index in [0.717, 1.165) is 45.1 Å². The van der Waals surface area contributed by atoms with E-state index in [1.807, 2.05) is 15.9 Å². The molecule has 3 aliphatic rings. The highest BCUT2D eigenvalue weighted by molar-refractivity contribution is 5.82. The van der Waals surface area contributed by atoms with Gasteiger partial charge in [0.15, 0.2) is 0 Å². The van der Waals surface area contributed by atoms with E-state index in [2.05, 4.69) is 5.32 Å². The lowest BCUT2D eigenvalue weighted by atomic mass is 9.81. The van der Waals surface area contributed by atoms with Crippen LogP contribution in [0.5, 0.6) is 0 Å². The molecule has 8 nitrogen and oxygen atoms in total. The second-order valence-corrected chi connectivity index (χ2v) is 9.16. The first-order valence-electron chi connectivity index (χ1n) is 11.5. The van der Waals surface area contributed by atoms with Gasteiger partial charge in [0.25, 0.3) is 5.69 Å². The van der Waals surface area contributed by atoms with Gasteiger partial charge in [-0.3, -0.25) is 19.7 Å². The fourth-order valence-corrected chi connectivity index (χ4v) is 4.86. The van der Waals surface area contributed by atoms with Gasteiger partial charge in [-0.15, -0.1) is 0 Å². The average Bonchev–Trinajstić information content (AvgIpc) is 3.64. The van der Waals surface area contributed by atoms with Crippen molar-refractivity contribution in [1.82, 2.24) is 15.1 Å². The molecule has 2 amide bonds. The molecule has 1 aromatic carbocycles. The Morgan fingerprint density at radius 1 is 0.903 bits per heavy atom. The number of hydrogen-bond acceptors (Lipinski definition) is 5. The van der Waals surface area contributed by atoms with Gasteiger partial charge in [0.2, 0.25) is 11.8 Å². The molecule has 1 heterocycles. The van der Waals surface area contributed by atoms with Crippen LogP contribution in [0.4, 0.5) is 5.69 Å². The first-order chi connectivity index (χ1) is 15.0. The molecule has 4 rings (SSSR count). The molecular formula is C23H32N4O4. The predicted octanol–water partition coefficient (Wildman–Crippen LogP) is 2.57. The number of rotatable bonds is 7. The Morgan fingerprint density at radius 3 is 1.94 bits per heavy atom. The molecule has 0 bridgehead atoms. The molecule has 31 heavy (non-hydrogen) atoms. The van der Waals surface area contributed by atoms with E-state index in [-0.39, 0.29) is 34.3 Å². The molecule has 2 saturated carbocycles. The van der Waals surface area contributed by atoms with Gasteiger partial charge in [-0.25, -0.2) is 0 Å². The lowest BCUT2D eigenvalue weighted by Crippen LogP contribution is -2.52. The third kappa shape index (κ3) is 5.42. The maximum atomic E-state index is 12.9. The number of amides is 2. The molecule has 168 valence electrons. The van der Waals surface area contributed by atoms with Crippen LogP contribution in [0.2, 0.25) is 0 Å². The monoisotopic (exact) mass is 428 g/mol. The lowest BCUT2D eigenvalue weighted by molar-refractivity contribution is -0.385. The van der Waals surface area contributed by atoms with E-state index in [0.29, 0.717) is 44.2 Å². The lowest BCUT2D eigenvalue weighted by Gasteiger charge is -2.38. The minimum Gasteiger partial charge on any atom is -0.339 e. The van der Waals surface area contributed by atoms with E-state index in [9.17, 15) is 19.7 Å². The van der Waals surface area contributed by atoms with Gasteiger partial charge < -0.3 is 15.1 Å². The van der Waals surface area contributed by atoms with Crippen LogP contribution in [0.1, 0.15) is 44.1 Å². The van der Waals surface area contributed by atoms with Crippen molar-refractivity contribution >= 4 is 17.5 Å². The van der Waals surface area contributed by atoms with Crippen LogP contribution in [0.25, 0.3) is 0 Å². The number of nitro groups is 1. The predicted molar refractivity (Wildman–Crippen MR) is 116 cm³/mol. The molecule has 1 aliphatic heterocycles. The minimum absolute atomic E-state index is 0.0946. The van der Waals surface area contributed by atoms with Crippen molar-refractivity contribution in [2.75, 3.05) is 32.7 Å². The third-order valence-corrected chi connectivity index (χ3v) is 6.96. The summed E-state index contributed by atoms with van der Waals surface area (Å²) in [5.41, 5.74) is 0.860. The SMILES string of the molecule is O=C(C1CCC(CNCc2ccccc2[N+](=O)[O-])CC1)N1CCN(C(=O)C2CC2)CC1. The summed E-state index contributed by atoms with van der Waals surface area (Å²) >= 11 is 0. The maximum Gasteiger partial charge on any atom is 0.273 e. The van der Waals surface area contributed by atoms with E-state index < -0.39 is 0 Å². The number of benzene rings is 1. The Labute approximate surface area is 183 Å². The van der Waals surface area contributed by atoms with Gasteiger partial charge >= 0.3 is 0 Å². The quantitative estimate of drug-likeness (QED) is 0.532. The molecular weight excluding hydrogens is 396 g/mol. The fourth-order valence-electron chi connectivity index (χ4n) is 4.86. The Morgan fingerprint density at radius 2 is 1.42 bits per heavy atom. The maximum absolute atomic E-state index is 12.9. The minimum atomic E-state index is -0.338. The Hall–Kier alpha value is -2.48. The first kappa shape index (κ1) is 21.7. The molecule has 3 fully saturated rings. The zero-order valence-electron chi connectivity index (χ0n) is 18.0. The van der Waals surface area contributed by atoms with Crippen LogP contribution in [0.3, 0.4) is 0 Å². The summed E-state index contributed by atoms with van der Waals surface area (Å²) in [4.78, 5) is 39.8. The van der Waals surface area contributed by atoms with Crippen LogP contribution < -0.4 is 5.32 Å². The van der Waals surface area contributed by atoms with Gasteiger partial charge in [-0.2, -0.15) is 0 Å². The summed E-state index contributed by atoms with van der Waals surface area (Å²) in [7, 11) is 0. The van der Waals surface area contributed by atoms with Crippen molar-refractivity contribution in [2.45, 2.75) is 45.1 Å². The van der Waals surface area contributed by atoms with Gasteiger partial charge in [0.1, 0.15) is 0 Å². The van der Waals surface area contributed by atoms with E-state index >= 15 is 0 Å². The van der Waals surface area contributed by atoms with Crippen LogP contribution in [0, 0.1) is 27.9 Å². The smallest absolute Gasteiger partial charge is 0.273 e. The summed E-state index contributed by atoms with van der Waals surface area (Å²) in [5, 5.41) is 14.5. The van der Waals surface area contributed by atoms with Crippen LogP contribution >= 0.6 is 0 Å². The van der Waals surface area contributed by atoms with Crippen LogP contribution in [0.15, 0.2) is 24.3 Å². The van der Waals surface area contributed by atoms with Crippen molar-refractivity contribution in [2.24, 2.45) is 17.8 Å². The van der Waals surface area contributed by atoms with E-state index in [1.54, 1.807) is 12.1 Å². The van der Waals surface area contributed by atoms with Gasteiger partial charge in [-0.05, 0) is 51.0 Å². The number of carbonyl (C=O) groups excluding carboxylic acids is 2. The van der Waals surface area contributed by atoms with Gasteiger partial charge in [0, 0.05) is 56.2 Å².